The van der Waals surface area contributed by atoms with Crippen molar-refractivity contribution in [2.24, 2.45) is 0 Å². The van der Waals surface area contributed by atoms with Crippen LogP contribution >= 0.6 is 11.6 Å². The lowest BCUT2D eigenvalue weighted by Gasteiger charge is -2.22. The van der Waals surface area contributed by atoms with Crippen LogP contribution in [0.15, 0.2) is 18.2 Å². The van der Waals surface area contributed by atoms with Crippen LogP contribution in [-0.2, 0) is 0 Å². The van der Waals surface area contributed by atoms with Gasteiger partial charge in [0, 0.05) is 6.54 Å². The number of halogens is 2. The van der Waals surface area contributed by atoms with Gasteiger partial charge in [-0.25, -0.2) is 9.18 Å². The molecule has 19 heavy (non-hydrogen) atoms. The normalized spacial score (nSPS) is 17.2. The largest absolute Gasteiger partial charge is 0.388 e. The summed E-state index contributed by atoms with van der Waals surface area (Å²) < 4.78 is 13.6. The van der Waals surface area contributed by atoms with Crippen LogP contribution in [0.1, 0.15) is 25.7 Å². The van der Waals surface area contributed by atoms with Crippen LogP contribution < -0.4 is 10.6 Å². The second-order valence-corrected chi connectivity index (χ2v) is 5.25. The molecular weight excluding hydrogens is 271 g/mol. The highest BCUT2D eigenvalue weighted by molar-refractivity contribution is 6.31. The number of hydrogen-bond donors (Lipinski definition) is 3. The van der Waals surface area contributed by atoms with Gasteiger partial charge in [0.2, 0.25) is 0 Å². The lowest BCUT2D eigenvalue weighted by atomic mass is 10.0. The molecule has 1 aliphatic carbocycles. The molecule has 0 atom stereocenters. The van der Waals surface area contributed by atoms with E-state index in [1.165, 1.54) is 12.1 Å². The minimum Gasteiger partial charge on any atom is -0.388 e. The Kier molecular flexibility index (Phi) is 4.27. The van der Waals surface area contributed by atoms with Crippen LogP contribution in [0.5, 0.6) is 0 Å². The van der Waals surface area contributed by atoms with Crippen molar-refractivity contribution in [1.29, 1.82) is 0 Å². The Labute approximate surface area is 116 Å². The first kappa shape index (κ1) is 14.1. The Hall–Kier alpha value is -1.33. The summed E-state index contributed by atoms with van der Waals surface area (Å²) in [7, 11) is 0. The van der Waals surface area contributed by atoms with E-state index < -0.39 is 17.4 Å². The van der Waals surface area contributed by atoms with Gasteiger partial charge in [-0.3, -0.25) is 0 Å². The monoisotopic (exact) mass is 286 g/mol. The van der Waals surface area contributed by atoms with E-state index in [4.69, 9.17) is 11.6 Å². The van der Waals surface area contributed by atoms with Crippen molar-refractivity contribution in [2.75, 3.05) is 11.9 Å². The number of benzene rings is 1. The number of anilines is 1. The van der Waals surface area contributed by atoms with Crippen molar-refractivity contribution >= 4 is 23.3 Å². The molecular formula is C13H16ClFN2O2. The van der Waals surface area contributed by atoms with Gasteiger partial charge in [0.25, 0.3) is 0 Å². The Morgan fingerprint density at radius 2 is 2.11 bits per heavy atom. The molecule has 0 bridgehead atoms. The summed E-state index contributed by atoms with van der Waals surface area (Å²) >= 11 is 5.61. The number of hydrogen-bond acceptors (Lipinski definition) is 2. The topological polar surface area (TPSA) is 61.4 Å². The molecule has 0 heterocycles. The highest BCUT2D eigenvalue weighted by atomic mass is 35.5. The van der Waals surface area contributed by atoms with Crippen LogP contribution in [0.2, 0.25) is 5.02 Å². The lowest BCUT2D eigenvalue weighted by molar-refractivity contribution is 0.0506. The van der Waals surface area contributed by atoms with E-state index in [0.29, 0.717) is 12.8 Å². The summed E-state index contributed by atoms with van der Waals surface area (Å²) in [5.41, 5.74) is -0.812. The zero-order chi connectivity index (χ0) is 13.9. The highest BCUT2D eigenvalue weighted by Gasteiger charge is 2.31. The predicted octanol–water partition coefficient (Wildman–Crippen LogP) is 2.91. The Morgan fingerprint density at radius 1 is 1.42 bits per heavy atom. The highest BCUT2D eigenvalue weighted by Crippen LogP contribution is 2.28. The van der Waals surface area contributed by atoms with Gasteiger partial charge in [0.15, 0.2) is 5.82 Å². The summed E-state index contributed by atoms with van der Waals surface area (Å²) in [6.07, 6.45) is 3.28. The Balaban J connectivity index is 1.89. The van der Waals surface area contributed by atoms with Crippen LogP contribution in [0, 0.1) is 5.82 Å². The molecule has 1 saturated carbocycles. The summed E-state index contributed by atoms with van der Waals surface area (Å²) in [5, 5.41) is 14.9. The molecule has 0 unspecified atom stereocenters. The molecule has 1 fully saturated rings. The molecule has 1 aromatic rings. The maximum atomic E-state index is 13.6. The summed E-state index contributed by atoms with van der Waals surface area (Å²) in [6.45, 7) is 0.168. The zero-order valence-corrected chi connectivity index (χ0v) is 11.1. The van der Waals surface area contributed by atoms with Gasteiger partial charge >= 0.3 is 6.03 Å². The average Bonchev–Trinajstić information content (AvgIpc) is 2.80. The van der Waals surface area contributed by atoms with Crippen LogP contribution in [0.4, 0.5) is 14.9 Å². The minimum atomic E-state index is -0.829. The number of rotatable bonds is 3. The van der Waals surface area contributed by atoms with Gasteiger partial charge in [-0.1, -0.05) is 30.5 Å². The summed E-state index contributed by atoms with van der Waals surface area (Å²) in [6, 6.07) is 3.82. The molecule has 6 heteroatoms. The fourth-order valence-electron chi connectivity index (χ4n) is 2.22. The van der Waals surface area contributed by atoms with Crippen molar-refractivity contribution in [3.8, 4) is 0 Å². The third-order valence-corrected chi connectivity index (χ3v) is 3.60. The van der Waals surface area contributed by atoms with Gasteiger partial charge in [0.1, 0.15) is 0 Å². The fraction of sp³-hybridized carbons (Fsp3) is 0.462. The van der Waals surface area contributed by atoms with E-state index in [1.54, 1.807) is 6.07 Å². The quantitative estimate of drug-likeness (QED) is 0.800. The summed E-state index contributed by atoms with van der Waals surface area (Å²) in [4.78, 5) is 11.6. The standard InChI is InChI=1S/C13H16ClFN2O2/c14-9-4-3-5-10(11(9)15)17-12(18)16-8-13(19)6-1-2-7-13/h3-5,19H,1-2,6-8H2,(H2,16,17,18). The van der Waals surface area contributed by atoms with Gasteiger partial charge in [-0.15, -0.1) is 0 Å². The van der Waals surface area contributed by atoms with E-state index in [-0.39, 0.29) is 17.3 Å². The number of carbonyl (C=O) groups is 1. The first-order chi connectivity index (χ1) is 9.00. The predicted molar refractivity (Wildman–Crippen MR) is 71.8 cm³/mol. The molecule has 4 nitrogen and oxygen atoms in total. The molecule has 0 radical (unpaired) electrons. The SMILES string of the molecule is O=C(NCC1(O)CCCC1)Nc1cccc(Cl)c1F. The van der Waals surface area contributed by atoms with Gasteiger partial charge in [-0.2, -0.15) is 0 Å². The molecule has 2 rings (SSSR count). The lowest BCUT2D eigenvalue weighted by Crippen LogP contribution is -2.42. The molecule has 0 aromatic heterocycles. The van der Waals surface area contributed by atoms with Crippen LogP contribution in [-0.4, -0.2) is 23.3 Å². The molecule has 0 spiro atoms. The van der Waals surface area contributed by atoms with Crippen LogP contribution in [0.25, 0.3) is 0 Å². The van der Waals surface area contributed by atoms with E-state index in [2.05, 4.69) is 10.6 Å². The summed E-state index contributed by atoms with van der Waals surface area (Å²) in [5.74, 6) is -0.668. The zero-order valence-electron chi connectivity index (χ0n) is 10.4. The van der Waals surface area contributed by atoms with E-state index in [9.17, 15) is 14.3 Å². The van der Waals surface area contributed by atoms with Crippen molar-refractivity contribution in [3.63, 3.8) is 0 Å². The van der Waals surface area contributed by atoms with Gasteiger partial charge in [0.05, 0.1) is 16.3 Å². The molecule has 2 amide bonds. The number of aliphatic hydroxyl groups is 1. The molecule has 1 aliphatic rings. The van der Waals surface area contributed by atoms with E-state index in [0.717, 1.165) is 12.8 Å². The molecule has 0 saturated heterocycles. The molecule has 1 aromatic carbocycles. The second kappa shape index (κ2) is 5.75. The molecule has 104 valence electrons. The van der Waals surface area contributed by atoms with Crippen molar-refractivity contribution in [2.45, 2.75) is 31.3 Å². The van der Waals surface area contributed by atoms with Crippen LogP contribution in [0.3, 0.4) is 0 Å². The van der Waals surface area contributed by atoms with Crippen molar-refractivity contribution in [1.82, 2.24) is 5.32 Å². The van der Waals surface area contributed by atoms with E-state index in [1.807, 2.05) is 0 Å². The molecule has 3 N–H and O–H groups in total. The maximum Gasteiger partial charge on any atom is 0.319 e. The third-order valence-electron chi connectivity index (χ3n) is 3.31. The fourth-order valence-corrected chi connectivity index (χ4v) is 2.40. The van der Waals surface area contributed by atoms with E-state index >= 15 is 0 Å². The molecule has 0 aliphatic heterocycles. The smallest absolute Gasteiger partial charge is 0.319 e. The number of amides is 2. The second-order valence-electron chi connectivity index (χ2n) is 4.84. The van der Waals surface area contributed by atoms with Gasteiger partial charge in [-0.05, 0) is 25.0 Å². The first-order valence-corrected chi connectivity index (χ1v) is 6.59. The Morgan fingerprint density at radius 3 is 2.79 bits per heavy atom. The number of nitrogens with one attached hydrogen (secondary N) is 2. The van der Waals surface area contributed by atoms with Crippen molar-refractivity contribution < 1.29 is 14.3 Å². The Bertz CT molecular complexity index is 476. The van der Waals surface area contributed by atoms with Crippen molar-refractivity contribution in [3.05, 3.63) is 29.0 Å². The third kappa shape index (κ3) is 3.58. The first-order valence-electron chi connectivity index (χ1n) is 6.21. The minimum absolute atomic E-state index is 0.0170. The number of urea groups is 1. The maximum absolute atomic E-state index is 13.6. The number of carbonyl (C=O) groups excluding carboxylic acids is 1. The van der Waals surface area contributed by atoms with Gasteiger partial charge < -0.3 is 15.7 Å². The average molecular weight is 287 g/mol.